The SMILES string of the molecule is CCCOc1ccc(C(=O)NC(=S)Nc2ccc(S(=O)(=O)NC3CCCCC3)cc2)cc1Br. The number of sulfonamides is 1. The maximum Gasteiger partial charge on any atom is 0.257 e. The fraction of sp³-hybridized carbons (Fsp3) is 0.391. The molecule has 1 amide bonds. The van der Waals surface area contributed by atoms with Gasteiger partial charge in [0.05, 0.1) is 16.0 Å². The average Bonchev–Trinajstić information content (AvgIpc) is 2.79. The summed E-state index contributed by atoms with van der Waals surface area (Å²) in [5, 5.41) is 5.64. The molecule has 0 saturated heterocycles. The van der Waals surface area contributed by atoms with Crippen molar-refractivity contribution < 1.29 is 17.9 Å². The van der Waals surface area contributed by atoms with Gasteiger partial charge in [-0.1, -0.05) is 26.2 Å². The molecule has 1 fully saturated rings. The Bertz CT molecular complexity index is 1090. The van der Waals surface area contributed by atoms with Gasteiger partial charge < -0.3 is 10.1 Å². The molecule has 2 aromatic rings. The number of anilines is 1. The van der Waals surface area contributed by atoms with Crippen LogP contribution in [0.15, 0.2) is 51.8 Å². The average molecular weight is 555 g/mol. The van der Waals surface area contributed by atoms with E-state index in [-0.39, 0.29) is 22.0 Å². The van der Waals surface area contributed by atoms with E-state index in [0.29, 0.717) is 28.1 Å². The Labute approximate surface area is 208 Å². The molecule has 3 rings (SSSR count). The fourth-order valence-corrected chi connectivity index (χ4v) is 5.54. The Morgan fingerprint density at radius 2 is 1.82 bits per heavy atom. The molecule has 2 aromatic carbocycles. The smallest absolute Gasteiger partial charge is 0.257 e. The van der Waals surface area contributed by atoms with Gasteiger partial charge in [-0.15, -0.1) is 0 Å². The standard InChI is InChI=1S/C23H28BrN3O4S2/c1-2-14-31-21-13-8-16(15-20(21)24)22(28)26-23(32)25-17-9-11-19(12-10-17)33(29,30)27-18-6-4-3-5-7-18/h8-13,15,18,27H,2-7,14H2,1H3,(H2,25,26,28,32). The number of benzene rings is 2. The molecule has 1 aliphatic rings. The Morgan fingerprint density at radius 1 is 1.12 bits per heavy atom. The lowest BCUT2D eigenvalue weighted by molar-refractivity contribution is 0.0977. The minimum atomic E-state index is -3.57. The Balaban J connectivity index is 1.56. The van der Waals surface area contributed by atoms with Gasteiger partial charge in [0.1, 0.15) is 5.75 Å². The summed E-state index contributed by atoms with van der Waals surface area (Å²) in [7, 11) is -3.57. The lowest BCUT2D eigenvalue weighted by Gasteiger charge is -2.22. The van der Waals surface area contributed by atoms with Crippen molar-refractivity contribution in [1.82, 2.24) is 10.0 Å². The number of thiocarbonyl (C=S) groups is 1. The molecule has 0 spiro atoms. The Morgan fingerprint density at radius 3 is 2.45 bits per heavy atom. The van der Waals surface area contributed by atoms with Crippen molar-refractivity contribution in [1.29, 1.82) is 0 Å². The molecule has 0 bridgehead atoms. The van der Waals surface area contributed by atoms with Gasteiger partial charge in [0, 0.05) is 17.3 Å². The van der Waals surface area contributed by atoms with Gasteiger partial charge in [-0.05, 0) is 89.9 Å². The summed E-state index contributed by atoms with van der Waals surface area (Å²) in [5.41, 5.74) is 0.992. The highest BCUT2D eigenvalue weighted by molar-refractivity contribution is 9.10. The van der Waals surface area contributed by atoms with Crippen molar-refractivity contribution in [2.45, 2.75) is 56.4 Å². The second kappa shape index (κ2) is 11.9. The number of hydrogen-bond acceptors (Lipinski definition) is 5. The maximum atomic E-state index is 12.6. The van der Waals surface area contributed by atoms with Crippen molar-refractivity contribution in [2.24, 2.45) is 0 Å². The third kappa shape index (κ3) is 7.49. The highest BCUT2D eigenvalue weighted by Gasteiger charge is 2.21. The third-order valence-corrected chi connectivity index (χ3v) is 7.59. The van der Waals surface area contributed by atoms with Crippen molar-refractivity contribution >= 4 is 54.9 Å². The number of ether oxygens (including phenoxy) is 1. The van der Waals surface area contributed by atoms with E-state index in [1.165, 1.54) is 12.1 Å². The normalized spacial score (nSPS) is 14.5. The van der Waals surface area contributed by atoms with Crippen LogP contribution in [0.3, 0.4) is 0 Å². The van der Waals surface area contributed by atoms with Crippen LogP contribution < -0.4 is 20.1 Å². The highest BCUT2D eigenvalue weighted by atomic mass is 79.9. The molecule has 0 aliphatic heterocycles. The van der Waals surface area contributed by atoms with Crippen LogP contribution in [0.1, 0.15) is 55.8 Å². The minimum absolute atomic E-state index is 0.00310. The molecule has 3 N–H and O–H groups in total. The quantitative estimate of drug-likeness (QED) is 0.399. The van der Waals surface area contributed by atoms with E-state index in [4.69, 9.17) is 17.0 Å². The van der Waals surface area contributed by atoms with Crippen molar-refractivity contribution in [2.75, 3.05) is 11.9 Å². The van der Waals surface area contributed by atoms with Gasteiger partial charge in [0.15, 0.2) is 5.11 Å². The number of nitrogens with one attached hydrogen (secondary N) is 3. The van der Waals surface area contributed by atoms with Crippen LogP contribution in [0.5, 0.6) is 5.75 Å². The van der Waals surface area contributed by atoms with Crippen LogP contribution in [0.4, 0.5) is 5.69 Å². The first-order chi connectivity index (χ1) is 15.8. The molecule has 33 heavy (non-hydrogen) atoms. The van der Waals surface area contributed by atoms with Gasteiger partial charge in [0.2, 0.25) is 10.0 Å². The van der Waals surface area contributed by atoms with Gasteiger partial charge in [0.25, 0.3) is 5.91 Å². The lowest BCUT2D eigenvalue weighted by atomic mass is 9.96. The zero-order valence-electron chi connectivity index (χ0n) is 18.4. The number of carbonyl (C=O) groups excluding carboxylic acids is 1. The number of hydrogen-bond donors (Lipinski definition) is 3. The fourth-order valence-electron chi connectivity index (χ4n) is 3.53. The largest absolute Gasteiger partial charge is 0.492 e. The molecule has 7 nitrogen and oxygen atoms in total. The monoisotopic (exact) mass is 553 g/mol. The molecule has 0 unspecified atom stereocenters. The molecular weight excluding hydrogens is 526 g/mol. The van der Waals surface area contributed by atoms with Gasteiger partial charge >= 0.3 is 0 Å². The number of amides is 1. The van der Waals surface area contributed by atoms with Crippen molar-refractivity contribution in [3.8, 4) is 5.75 Å². The zero-order chi connectivity index (χ0) is 23.8. The van der Waals surface area contributed by atoms with E-state index in [0.717, 1.165) is 38.5 Å². The van der Waals surface area contributed by atoms with E-state index in [9.17, 15) is 13.2 Å². The van der Waals surface area contributed by atoms with E-state index < -0.39 is 10.0 Å². The Hall–Kier alpha value is -2.01. The Kier molecular flexibility index (Phi) is 9.25. The summed E-state index contributed by atoms with van der Waals surface area (Å²) in [6.07, 6.45) is 5.89. The molecule has 1 aliphatic carbocycles. The summed E-state index contributed by atoms with van der Waals surface area (Å²) >= 11 is 8.64. The molecule has 0 heterocycles. The van der Waals surface area contributed by atoms with Gasteiger partial charge in [-0.25, -0.2) is 13.1 Å². The second-order valence-corrected chi connectivity index (χ2v) is 10.9. The summed E-state index contributed by atoms with van der Waals surface area (Å²) in [4.78, 5) is 12.7. The molecular formula is C23H28BrN3O4S2. The molecule has 1 saturated carbocycles. The van der Waals surface area contributed by atoms with Gasteiger partial charge in [-0.3, -0.25) is 10.1 Å². The van der Waals surface area contributed by atoms with Crippen LogP contribution in [0.2, 0.25) is 0 Å². The maximum absolute atomic E-state index is 12.6. The van der Waals surface area contributed by atoms with Crippen LogP contribution in [0.25, 0.3) is 0 Å². The van der Waals surface area contributed by atoms with E-state index in [2.05, 4.69) is 31.3 Å². The third-order valence-electron chi connectivity index (χ3n) is 5.23. The van der Waals surface area contributed by atoms with Crippen LogP contribution in [-0.2, 0) is 10.0 Å². The predicted molar refractivity (Wildman–Crippen MR) is 137 cm³/mol. The summed E-state index contributed by atoms with van der Waals surface area (Å²) < 4.78 is 34.3. The van der Waals surface area contributed by atoms with Crippen molar-refractivity contribution in [3.05, 3.63) is 52.5 Å². The highest BCUT2D eigenvalue weighted by Crippen LogP contribution is 2.26. The predicted octanol–water partition coefficient (Wildman–Crippen LogP) is 4.98. The number of carbonyl (C=O) groups is 1. The second-order valence-electron chi connectivity index (χ2n) is 7.88. The molecule has 0 atom stereocenters. The number of halogens is 1. The first kappa shape index (κ1) is 25.6. The number of rotatable bonds is 8. The lowest BCUT2D eigenvalue weighted by Crippen LogP contribution is -2.36. The van der Waals surface area contributed by atoms with Crippen molar-refractivity contribution in [3.63, 3.8) is 0 Å². The van der Waals surface area contributed by atoms with E-state index >= 15 is 0 Å². The topological polar surface area (TPSA) is 96.5 Å². The first-order valence-electron chi connectivity index (χ1n) is 11.0. The van der Waals surface area contributed by atoms with E-state index in [1.807, 2.05) is 6.92 Å². The summed E-state index contributed by atoms with van der Waals surface area (Å²) in [6, 6.07) is 11.3. The van der Waals surface area contributed by atoms with Crippen LogP contribution in [-0.4, -0.2) is 32.1 Å². The molecule has 10 heteroatoms. The molecule has 178 valence electrons. The summed E-state index contributed by atoms with van der Waals surface area (Å²) in [6.45, 7) is 2.61. The zero-order valence-corrected chi connectivity index (χ0v) is 21.6. The first-order valence-corrected chi connectivity index (χ1v) is 13.6. The minimum Gasteiger partial charge on any atom is -0.492 e. The van der Waals surface area contributed by atoms with E-state index in [1.54, 1.807) is 30.3 Å². The molecule has 0 aromatic heterocycles. The van der Waals surface area contributed by atoms with Crippen LogP contribution >= 0.6 is 28.1 Å². The summed E-state index contributed by atoms with van der Waals surface area (Å²) in [5.74, 6) is 0.299. The van der Waals surface area contributed by atoms with Crippen LogP contribution in [0, 0.1) is 0 Å². The molecule has 0 radical (unpaired) electrons. The van der Waals surface area contributed by atoms with Gasteiger partial charge in [-0.2, -0.15) is 0 Å².